The molecule has 0 aliphatic heterocycles. The lowest BCUT2D eigenvalue weighted by Gasteiger charge is -2.31. The van der Waals surface area contributed by atoms with Crippen molar-refractivity contribution >= 4 is 7.69 Å². The monoisotopic (exact) mass is 256 g/mol. The first-order valence-electron chi connectivity index (χ1n) is 5.01. The molecule has 1 atom stereocenters. The van der Waals surface area contributed by atoms with Crippen LogP contribution in [0.1, 0.15) is 34.1 Å². The molecule has 0 aromatic heterocycles. The minimum atomic E-state index is -2.50. The summed E-state index contributed by atoms with van der Waals surface area (Å²) in [5, 5.41) is 26.1. The van der Waals surface area contributed by atoms with Gasteiger partial charge in [0, 0.05) is 6.42 Å². The van der Waals surface area contributed by atoms with E-state index in [2.05, 4.69) is 4.65 Å². The molecule has 0 aromatic rings. The Hall–Kier alpha value is -0.275. The van der Waals surface area contributed by atoms with Crippen LogP contribution in [0.15, 0.2) is 0 Å². The van der Waals surface area contributed by atoms with E-state index in [0.29, 0.717) is 7.69 Å². The zero-order valence-electron chi connectivity index (χ0n) is 10.5. The molecule has 5 nitrogen and oxygen atoms in total. The van der Waals surface area contributed by atoms with Gasteiger partial charge in [-0.3, -0.25) is 0 Å². The molecule has 0 aliphatic carbocycles. The van der Waals surface area contributed by atoms with Crippen molar-refractivity contribution in [3.63, 3.8) is 0 Å². The van der Waals surface area contributed by atoms with E-state index in [1.165, 1.54) is 0 Å². The van der Waals surface area contributed by atoms with Crippen LogP contribution in [-0.4, -0.2) is 46.8 Å². The van der Waals surface area contributed by atoms with Gasteiger partial charge in [-0.25, -0.2) is 8.78 Å². The summed E-state index contributed by atoms with van der Waals surface area (Å²) in [6, 6.07) is 0. The maximum atomic E-state index is 11.4. The zero-order valence-corrected chi connectivity index (χ0v) is 10.5. The van der Waals surface area contributed by atoms with Crippen molar-refractivity contribution < 1.29 is 28.7 Å². The molecule has 0 aliphatic rings. The average Bonchev–Trinajstić information content (AvgIpc) is 1.99. The highest BCUT2D eigenvalue weighted by Gasteiger charge is 2.31. The Kier molecular flexibility index (Phi) is 8.91. The van der Waals surface area contributed by atoms with Crippen molar-refractivity contribution in [3.05, 3.63) is 0 Å². The highest BCUT2D eigenvalue weighted by atomic mass is 19.3. The molecule has 0 aromatic carbocycles. The summed E-state index contributed by atoms with van der Waals surface area (Å²) in [5.41, 5.74) is 2.88. The summed E-state index contributed by atoms with van der Waals surface area (Å²) in [6.07, 6.45) is -4.19. The number of nitrogens with two attached hydrogens (primary N) is 1. The molecular weight excluding hydrogens is 235 g/mol. The SMILES string of the molecule is CC(C)(O)C(C)(C)O.NC(CC(F)F)O[B]O. The van der Waals surface area contributed by atoms with Gasteiger partial charge in [0.2, 0.25) is 6.43 Å². The minimum absolute atomic E-state index is 0.299. The van der Waals surface area contributed by atoms with E-state index in [-0.39, 0.29) is 0 Å². The lowest BCUT2D eigenvalue weighted by atomic mass is 9.90. The number of hydrogen-bond donors (Lipinski definition) is 4. The van der Waals surface area contributed by atoms with Gasteiger partial charge in [-0.05, 0) is 27.7 Å². The summed E-state index contributed by atoms with van der Waals surface area (Å²) in [4.78, 5) is 0. The summed E-state index contributed by atoms with van der Waals surface area (Å²) in [5.74, 6) is 0. The van der Waals surface area contributed by atoms with Crippen LogP contribution in [0, 0.1) is 0 Å². The van der Waals surface area contributed by atoms with Gasteiger partial charge >= 0.3 is 7.69 Å². The molecule has 0 bridgehead atoms. The van der Waals surface area contributed by atoms with E-state index >= 15 is 0 Å². The van der Waals surface area contributed by atoms with E-state index in [0.717, 1.165) is 0 Å². The van der Waals surface area contributed by atoms with E-state index in [1.54, 1.807) is 27.7 Å². The van der Waals surface area contributed by atoms with Crippen molar-refractivity contribution in [3.8, 4) is 0 Å². The number of rotatable bonds is 5. The molecule has 0 amide bonds. The maximum absolute atomic E-state index is 11.4. The molecule has 0 fully saturated rings. The second kappa shape index (κ2) is 7.94. The van der Waals surface area contributed by atoms with Gasteiger partial charge in [0.05, 0.1) is 17.4 Å². The highest BCUT2D eigenvalue weighted by Crippen LogP contribution is 2.19. The quantitative estimate of drug-likeness (QED) is 0.410. The van der Waals surface area contributed by atoms with Crippen molar-refractivity contribution in [2.75, 3.05) is 0 Å². The van der Waals surface area contributed by atoms with Gasteiger partial charge in [0.15, 0.2) is 0 Å². The molecule has 8 heteroatoms. The molecule has 1 radical (unpaired) electrons. The Morgan fingerprint density at radius 3 is 1.71 bits per heavy atom. The fourth-order valence-electron chi connectivity index (χ4n) is 0.309. The Morgan fingerprint density at radius 1 is 1.18 bits per heavy atom. The summed E-state index contributed by atoms with van der Waals surface area (Å²) in [6.45, 7) is 6.31. The maximum Gasteiger partial charge on any atom is 0.486 e. The largest absolute Gasteiger partial charge is 0.486 e. The minimum Gasteiger partial charge on any atom is -0.429 e. The first-order chi connectivity index (χ1) is 7.41. The van der Waals surface area contributed by atoms with E-state index in [1.807, 2.05) is 0 Å². The van der Waals surface area contributed by atoms with Gasteiger partial charge in [-0.1, -0.05) is 0 Å². The van der Waals surface area contributed by atoms with Crippen molar-refractivity contribution in [1.82, 2.24) is 0 Å². The Morgan fingerprint density at radius 2 is 1.53 bits per heavy atom. The molecule has 0 spiro atoms. The van der Waals surface area contributed by atoms with Gasteiger partial charge in [-0.15, -0.1) is 0 Å². The van der Waals surface area contributed by atoms with Crippen molar-refractivity contribution in [1.29, 1.82) is 0 Å². The topological polar surface area (TPSA) is 95.9 Å². The highest BCUT2D eigenvalue weighted by molar-refractivity contribution is 6.15. The second-order valence-corrected chi connectivity index (χ2v) is 4.52. The van der Waals surface area contributed by atoms with Crippen molar-refractivity contribution in [2.45, 2.75) is 58.0 Å². The van der Waals surface area contributed by atoms with Crippen LogP contribution in [0.2, 0.25) is 0 Å². The Balaban J connectivity index is 0. The first kappa shape index (κ1) is 19.1. The van der Waals surface area contributed by atoms with Gasteiger partial charge in [0.25, 0.3) is 0 Å². The van der Waals surface area contributed by atoms with E-state index < -0.39 is 30.3 Å². The lowest BCUT2D eigenvalue weighted by Crippen LogP contribution is -2.44. The van der Waals surface area contributed by atoms with Crippen molar-refractivity contribution in [2.24, 2.45) is 5.73 Å². The van der Waals surface area contributed by atoms with Crippen LogP contribution in [0.4, 0.5) is 8.78 Å². The molecule has 0 rings (SSSR count). The molecule has 1 unspecified atom stereocenters. The Bertz CT molecular complexity index is 182. The van der Waals surface area contributed by atoms with E-state index in [9.17, 15) is 8.78 Å². The average molecular weight is 256 g/mol. The first-order valence-corrected chi connectivity index (χ1v) is 5.01. The van der Waals surface area contributed by atoms with Crippen LogP contribution in [-0.2, 0) is 4.65 Å². The fraction of sp³-hybridized carbons (Fsp3) is 1.00. The molecular formula is C9H21BF2NO4. The molecule has 0 saturated heterocycles. The van der Waals surface area contributed by atoms with Crippen LogP contribution >= 0.6 is 0 Å². The van der Waals surface area contributed by atoms with Crippen LogP contribution in [0.25, 0.3) is 0 Å². The lowest BCUT2D eigenvalue weighted by molar-refractivity contribution is -0.107. The molecule has 5 N–H and O–H groups in total. The summed E-state index contributed by atoms with van der Waals surface area (Å²) >= 11 is 0. The summed E-state index contributed by atoms with van der Waals surface area (Å²) in [7, 11) is 0.299. The van der Waals surface area contributed by atoms with Gasteiger partial charge < -0.3 is 25.6 Å². The number of hydrogen-bond acceptors (Lipinski definition) is 5. The predicted octanol–water partition coefficient (Wildman–Crippen LogP) is -0.00230. The molecule has 0 saturated carbocycles. The third-order valence-electron chi connectivity index (χ3n) is 2.14. The van der Waals surface area contributed by atoms with Crippen LogP contribution in [0.3, 0.4) is 0 Å². The number of aliphatic hydroxyl groups is 2. The predicted molar refractivity (Wildman–Crippen MR) is 60.2 cm³/mol. The fourth-order valence-corrected chi connectivity index (χ4v) is 0.309. The number of alkyl halides is 2. The second-order valence-electron chi connectivity index (χ2n) is 4.52. The van der Waals surface area contributed by atoms with Gasteiger partial charge in [0.1, 0.15) is 0 Å². The van der Waals surface area contributed by atoms with Crippen LogP contribution in [0.5, 0.6) is 0 Å². The molecule has 0 heterocycles. The smallest absolute Gasteiger partial charge is 0.429 e. The molecule has 103 valence electrons. The van der Waals surface area contributed by atoms with Crippen LogP contribution < -0.4 is 5.73 Å². The number of halogens is 2. The third-order valence-corrected chi connectivity index (χ3v) is 2.14. The van der Waals surface area contributed by atoms with E-state index in [4.69, 9.17) is 21.0 Å². The normalized spacial score (nSPS) is 14.1. The zero-order chi connectivity index (χ0) is 14.3. The standard InChI is InChI=1S/C6H14O2.C3H7BF2NO2/c1-5(2,7)6(3,4)8;5-2(6)1-3(7)9-4-8/h7-8H,1-4H3;2-3,8H,1,7H2. The third kappa shape index (κ3) is 12.0. The Labute approximate surface area is 101 Å². The molecule has 17 heavy (non-hydrogen) atoms. The van der Waals surface area contributed by atoms with Gasteiger partial charge in [-0.2, -0.15) is 0 Å². The summed E-state index contributed by atoms with van der Waals surface area (Å²) < 4.78 is 26.8.